The quantitative estimate of drug-likeness (QED) is 0.842. The first kappa shape index (κ1) is 16.1. The molecule has 0 aliphatic rings. The van der Waals surface area contributed by atoms with Gasteiger partial charge in [-0.25, -0.2) is 0 Å². The smallest absolute Gasteiger partial charge is 0.388 e. The number of carbonyl (C=O) groups excluding carboxylic acids is 1. The number of carbonyl (C=O) groups is 1. The number of hydrogen-bond acceptors (Lipinski definition) is 2. The van der Waals surface area contributed by atoms with Crippen LogP contribution in [0.5, 0.6) is 0 Å². The van der Waals surface area contributed by atoms with E-state index >= 15 is 0 Å². The van der Waals surface area contributed by atoms with Gasteiger partial charge in [0.1, 0.15) is 6.54 Å². The zero-order valence-electron chi connectivity index (χ0n) is 10.1. The van der Waals surface area contributed by atoms with Gasteiger partial charge in [0.15, 0.2) is 0 Å². The molecular formula is C11H10F6N2O. The molecule has 2 N–H and O–H groups in total. The molecule has 0 saturated carbocycles. The molecule has 1 amide bonds. The van der Waals surface area contributed by atoms with Gasteiger partial charge in [0.05, 0.1) is 5.56 Å². The van der Waals surface area contributed by atoms with Crippen molar-refractivity contribution in [3.63, 3.8) is 0 Å². The zero-order chi connectivity index (χ0) is 15.6. The van der Waals surface area contributed by atoms with Crippen LogP contribution in [-0.2, 0) is 6.18 Å². The monoisotopic (exact) mass is 300 g/mol. The second-order valence-corrected chi connectivity index (χ2v) is 3.81. The molecular weight excluding hydrogens is 290 g/mol. The summed E-state index contributed by atoms with van der Waals surface area (Å²) in [5, 5.41) is 3.80. The van der Waals surface area contributed by atoms with Gasteiger partial charge in [0.25, 0.3) is 5.91 Å². The number of amides is 1. The maximum Gasteiger partial charge on any atom is 0.418 e. The predicted molar refractivity (Wildman–Crippen MR) is 59.4 cm³/mol. The molecule has 0 radical (unpaired) electrons. The van der Waals surface area contributed by atoms with Gasteiger partial charge in [-0.05, 0) is 18.2 Å². The van der Waals surface area contributed by atoms with E-state index in [9.17, 15) is 31.1 Å². The number of benzene rings is 1. The lowest BCUT2D eigenvalue weighted by molar-refractivity contribution is -0.137. The second-order valence-electron chi connectivity index (χ2n) is 3.81. The van der Waals surface area contributed by atoms with Crippen LogP contribution in [0.25, 0.3) is 0 Å². The Morgan fingerprint density at radius 3 is 2.20 bits per heavy atom. The molecule has 9 heteroatoms. The molecule has 1 rings (SSSR count). The number of halogens is 6. The van der Waals surface area contributed by atoms with Crippen molar-refractivity contribution in [3.8, 4) is 0 Å². The second kappa shape index (κ2) is 5.59. The lowest BCUT2D eigenvalue weighted by atomic mass is 10.1. The third kappa shape index (κ3) is 4.32. The van der Waals surface area contributed by atoms with Gasteiger partial charge >= 0.3 is 12.4 Å². The summed E-state index contributed by atoms with van der Waals surface area (Å²) in [7, 11) is 1.26. The van der Waals surface area contributed by atoms with Crippen LogP contribution < -0.4 is 10.6 Å². The van der Waals surface area contributed by atoms with Gasteiger partial charge in [-0.15, -0.1) is 0 Å². The summed E-state index contributed by atoms with van der Waals surface area (Å²) >= 11 is 0. The largest absolute Gasteiger partial charge is 0.418 e. The maximum atomic E-state index is 12.7. The molecule has 0 aliphatic carbocycles. The van der Waals surface area contributed by atoms with Crippen LogP contribution in [0.1, 0.15) is 15.9 Å². The molecule has 0 unspecified atom stereocenters. The van der Waals surface area contributed by atoms with Gasteiger partial charge in [0, 0.05) is 18.3 Å². The van der Waals surface area contributed by atoms with E-state index < -0.39 is 35.9 Å². The Kier molecular flexibility index (Phi) is 4.51. The summed E-state index contributed by atoms with van der Waals surface area (Å²) in [5.41, 5.74) is -1.90. The van der Waals surface area contributed by atoms with Crippen molar-refractivity contribution in [2.24, 2.45) is 0 Å². The molecule has 20 heavy (non-hydrogen) atoms. The molecule has 112 valence electrons. The normalized spacial score (nSPS) is 12.2. The number of rotatable bonds is 3. The van der Waals surface area contributed by atoms with Crippen molar-refractivity contribution in [2.45, 2.75) is 12.4 Å². The van der Waals surface area contributed by atoms with E-state index in [1.807, 2.05) is 0 Å². The molecule has 1 aromatic rings. The summed E-state index contributed by atoms with van der Waals surface area (Å²) < 4.78 is 73.8. The minimum atomic E-state index is -4.72. The molecule has 0 spiro atoms. The van der Waals surface area contributed by atoms with E-state index in [1.54, 1.807) is 0 Å². The Morgan fingerprint density at radius 2 is 1.75 bits per heavy atom. The minimum absolute atomic E-state index is 0.273. The fourth-order valence-electron chi connectivity index (χ4n) is 1.42. The van der Waals surface area contributed by atoms with Crippen molar-refractivity contribution in [1.29, 1.82) is 0 Å². The Labute approximate surface area is 110 Å². The molecule has 0 saturated heterocycles. The summed E-state index contributed by atoms with van der Waals surface area (Å²) in [6, 6.07) is 2.48. The predicted octanol–water partition coefficient (Wildman–Crippen LogP) is 3.04. The highest BCUT2D eigenvalue weighted by Gasteiger charge is 2.34. The summed E-state index contributed by atoms with van der Waals surface area (Å²) in [6.45, 7) is -1.61. The lowest BCUT2D eigenvalue weighted by Gasteiger charge is -2.14. The van der Waals surface area contributed by atoms with Gasteiger partial charge < -0.3 is 10.6 Å². The molecule has 0 aromatic heterocycles. The van der Waals surface area contributed by atoms with E-state index in [0.29, 0.717) is 6.07 Å². The van der Waals surface area contributed by atoms with Crippen molar-refractivity contribution < 1.29 is 31.1 Å². The molecule has 3 nitrogen and oxygen atoms in total. The highest BCUT2D eigenvalue weighted by Crippen LogP contribution is 2.35. The average molecular weight is 300 g/mol. The third-order valence-corrected chi connectivity index (χ3v) is 2.31. The first-order chi connectivity index (χ1) is 9.04. The van der Waals surface area contributed by atoms with E-state index in [0.717, 1.165) is 12.1 Å². The summed E-state index contributed by atoms with van der Waals surface area (Å²) in [6.07, 6.45) is -9.36. The number of hydrogen-bond donors (Lipinski definition) is 2. The first-order valence-electron chi connectivity index (χ1n) is 5.28. The van der Waals surface area contributed by atoms with Crippen molar-refractivity contribution in [2.75, 3.05) is 18.9 Å². The molecule has 1 aromatic carbocycles. The van der Waals surface area contributed by atoms with Crippen LogP contribution in [0.4, 0.5) is 32.0 Å². The van der Waals surface area contributed by atoms with Gasteiger partial charge in [-0.3, -0.25) is 4.79 Å². The van der Waals surface area contributed by atoms with E-state index in [1.165, 1.54) is 12.4 Å². The first-order valence-corrected chi connectivity index (χ1v) is 5.28. The van der Waals surface area contributed by atoms with E-state index in [-0.39, 0.29) is 5.69 Å². The number of anilines is 1. The van der Waals surface area contributed by atoms with Crippen LogP contribution in [-0.4, -0.2) is 25.7 Å². The van der Waals surface area contributed by atoms with Crippen LogP contribution in [0.3, 0.4) is 0 Å². The van der Waals surface area contributed by atoms with E-state index in [4.69, 9.17) is 0 Å². The highest BCUT2D eigenvalue weighted by atomic mass is 19.4. The highest BCUT2D eigenvalue weighted by molar-refractivity contribution is 5.95. The Hall–Kier alpha value is -1.93. The molecule has 0 atom stereocenters. The molecule has 0 fully saturated rings. The fraction of sp³-hybridized carbons (Fsp3) is 0.364. The SMILES string of the molecule is CNc1ccc(C(=O)NCC(F)(F)F)cc1C(F)(F)F. The van der Waals surface area contributed by atoms with Crippen LogP contribution in [0, 0.1) is 0 Å². The topological polar surface area (TPSA) is 41.1 Å². The third-order valence-electron chi connectivity index (χ3n) is 2.31. The summed E-state index contributed by atoms with van der Waals surface area (Å²) in [5.74, 6) is -1.23. The summed E-state index contributed by atoms with van der Waals surface area (Å²) in [4.78, 5) is 11.4. The Morgan fingerprint density at radius 1 is 1.15 bits per heavy atom. The van der Waals surface area contributed by atoms with Crippen molar-refractivity contribution in [3.05, 3.63) is 29.3 Å². The average Bonchev–Trinajstić information content (AvgIpc) is 2.33. The minimum Gasteiger partial charge on any atom is -0.388 e. The molecule has 0 heterocycles. The van der Waals surface area contributed by atoms with Crippen LogP contribution in [0.15, 0.2) is 18.2 Å². The zero-order valence-corrected chi connectivity index (χ0v) is 10.1. The molecule has 0 bridgehead atoms. The van der Waals surface area contributed by atoms with Gasteiger partial charge in [-0.2, -0.15) is 26.3 Å². The van der Waals surface area contributed by atoms with Crippen molar-refractivity contribution in [1.82, 2.24) is 5.32 Å². The van der Waals surface area contributed by atoms with Gasteiger partial charge in [0.2, 0.25) is 0 Å². The number of alkyl halides is 6. The fourth-order valence-corrected chi connectivity index (χ4v) is 1.42. The van der Waals surface area contributed by atoms with Gasteiger partial charge in [-0.1, -0.05) is 0 Å². The maximum absolute atomic E-state index is 12.7. The Balaban J connectivity index is 3.00. The standard InChI is InChI=1S/C11H10F6N2O/c1-18-8-3-2-6(4-7(8)11(15,16)17)9(20)19-5-10(12,13)14/h2-4,18H,5H2,1H3,(H,19,20). The lowest BCUT2D eigenvalue weighted by Crippen LogP contribution is -2.33. The van der Waals surface area contributed by atoms with E-state index in [2.05, 4.69) is 5.32 Å². The number of nitrogens with one attached hydrogen (secondary N) is 2. The van der Waals surface area contributed by atoms with Crippen LogP contribution >= 0.6 is 0 Å². The molecule has 0 aliphatic heterocycles. The van der Waals surface area contributed by atoms with Crippen molar-refractivity contribution >= 4 is 11.6 Å². The Bertz CT molecular complexity index is 495. The van der Waals surface area contributed by atoms with Crippen LogP contribution in [0.2, 0.25) is 0 Å².